The van der Waals surface area contributed by atoms with E-state index in [0.717, 1.165) is 17.7 Å². The molecule has 0 aliphatic heterocycles. The fourth-order valence-electron chi connectivity index (χ4n) is 2.83. The SMILES string of the molecule is Cc1ccc(C(=O)NC[C@@H](C)O)cc1-n1cnc(OCc2ccc(F)cc2F)c(Br)c1=O. The molecule has 2 aromatic carbocycles. The van der Waals surface area contributed by atoms with E-state index in [4.69, 9.17) is 4.74 Å². The third-order valence-corrected chi connectivity index (χ3v) is 5.23. The molecule has 0 fully saturated rings. The van der Waals surface area contributed by atoms with Crippen LogP contribution >= 0.6 is 15.9 Å². The number of aliphatic hydroxyl groups excluding tert-OH is 1. The number of halogens is 3. The second-order valence-electron chi connectivity index (χ2n) is 7.12. The topological polar surface area (TPSA) is 93.5 Å². The second-order valence-corrected chi connectivity index (χ2v) is 7.92. The molecule has 0 radical (unpaired) electrons. The molecule has 1 heterocycles. The van der Waals surface area contributed by atoms with E-state index >= 15 is 0 Å². The molecule has 0 spiro atoms. The minimum absolute atomic E-state index is 0.00544. The van der Waals surface area contributed by atoms with Gasteiger partial charge in [-0.05, 0) is 59.6 Å². The molecule has 0 saturated heterocycles. The highest BCUT2D eigenvalue weighted by Crippen LogP contribution is 2.22. The molecule has 32 heavy (non-hydrogen) atoms. The summed E-state index contributed by atoms with van der Waals surface area (Å²) in [7, 11) is 0. The third kappa shape index (κ3) is 5.38. The van der Waals surface area contributed by atoms with Crippen LogP contribution in [0.15, 0.2) is 52.0 Å². The Labute approximate surface area is 190 Å². The van der Waals surface area contributed by atoms with E-state index in [0.29, 0.717) is 11.3 Å². The highest BCUT2D eigenvalue weighted by atomic mass is 79.9. The molecule has 1 amide bonds. The van der Waals surface area contributed by atoms with Crippen LogP contribution in [0.25, 0.3) is 5.69 Å². The lowest BCUT2D eigenvalue weighted by molar-refractivity contribution is 0.0924. The van der Waals surface area contributed by atoms with Crippen LogP contribution in [0.5, 0.6) is 5.88 Å². The van der Waals surface area contributed by atoms with E-state index in [-0.39, 0.29) is 29.1 Å². The molecule has 0 aliphatic rings. The number of aliphatic hydroxyl groups is 1. The number of hydrogen-bond donors (Lipinski definition) is 2. The maximum atomic E-state index is 13.8. The van der Waals surface area contributed by atoms with Gasteiger partial charge >= 0.3 is 0 Å². The van der Waals surface area contributed by atoms with Crippen LogP contribution in [0.2, 0.25) is 0 Å². The van der Waals surface area contributed by atoms with Crippen molar-refractivity contribution >= 4 is 21.8 Å². The quantitative estimate of drug-likeness (QED) is 0.511. The van der Waals surface area contributed by atoms with Crippen molar-refractivity contribution in [2.24, 2.45) is 0 Å². The summed E-state index contributed by atoms with van der Waals surface area (Å²) in [5.41, 5.74) is 1.07. The average molecular weight is 508 g/mol. The number of benzene rings is 2. The first kappa shape index (κ1) is 23.6. The van der Waals surface area contributed by atoms with Gasteiger partial charge in [0, 0.05) is 23.7 Å². The van der Waals surface area contributed by atoms with Crippen molar-refractivity contribution in [2.75, 3.05) is 6.54 Å². The molecule has 1 aromatic heterocycles. The first-order valence-electron chi connectivity index (χ1n) is 9.58. The number of carbonyl (C=O) groups is 1. The van der Waals surface area contributed by atoms with Gasteiger partial charge in [0.25, 0.3) is 11.5 Å². The van der Waals surface area contributed by atoms with Gasteiger partial charge in [0.1, 0.15) is 29.0 Å². The predicted octanol–water partition coefficient (Wildman–Crippen LogP) is 3.27. The Morgan fingerprint density at radius 3 is 2.72 bits per heavy atom. The zero-order chi connectivity index (χ0) is 23.4. The van der Waals surface area contributed by atoms with Crippen molar-refractivity contribution in [3.05, 3.63) is 85.9 Å². The maximum absolute atomic E-state index is 13.8. The lowest BCUT2D eigenvalue weighted by atomic mass is 10.1. The van der Waals surface area contributed by atoms with E-state index in [1.807, 2.05) is 0 Å². The van der Waals surface area contributed by atoms with Crippen LogP contribution in [0.1, 0.15) is 28.4 Å². The second kappa shape index (κ2) is 10.0. The zero-order valence-electron chi connectivity index (χ0n) is 17.2. The van der Waals surface area contributed by atoms with Gasteiger partial charge in [0.15, 0.2) is 0 Å². The number of ether oxygens (including phenoxy) is 1. The number of carbonyl (C=O) groups excluding carboxylic acids is 1. The molecule has 0 aliphatic carbocycles. The van der Waals surface area contributed by atoms with E-state index in [1.165, 1.54) is 23.0 Å². The maximum Gasteiger partial charge on any atom is 0.276 e. The lowest BCUT2D eigenvalue weighted by Crippen LogP contribution is -2.30. The first-order valence-corrected chi connectivity index (χ1v) is 10.4. The minimum Gasteiger partial charge on any atom is -0.472 e. The van der Waals surface area contributed by atoms with Gasteiger partial charge in [0.05, 0.1) is 11.8 Å². The Balaban J connectivity index is 1.86. The van der Waals surface area contributed by atoms with Crippen molar-refractivity contribution < 1.29 is 23.4 Å². The van der Waals surface area contributed by atoms with Crippen molar-refractivity contribution in [3.8, 4) is 11.6 Å². The van der Waals surface area contributed by atoms with Gasteiger partial charge in [-0.1, -0.05) is 6.07 Å². The Morgan fingerprint density at radius 2 is 2.03 bits per heavy atom. The summed E-state index contributed by atoms with van der Waals surface area (Å²) in [5, 5.41) is 11.9. The molecule has 2 N–H and O–H groups in total. The van der Waals surface area contributed by atoms with E-state index < -0.39 is 29.2 Å². The molecule has 7 nitrogen and oxygen atoms in total. The van der Waals surface area contributed by atoms with Gasteiger partial charge in [-0.3, -0.25) is 14.2 Å². The number of aryl methyl sites for hydroxylation is 1. The monoisotopic (exact) mass is 507 g/mol. The Hall–Kier alpha value is -3.11. The van der Waals surface area contributed by atoms with E-state index in [2.05, 4.69) is 26.2 Å². The normalized spacial score (nSPS) is 11.8. The Kier molecular flexibility index (Phi) is 7.37. The predicted molar refractivity (Wildman–Crippen MR) is 117 cm³/mol. The molecule has 10 heteroatoms. The average Bonchev–Trinajstić information content (AvgIpc) is 2.75. The first-order chi connectivity index (χ1) is 15.2. The molecule has 0 saturated carbocycles. The van der Waals surface area contributed by atoms with Crippen LogP contribution in [-0.2, 0) is 6.61 Å². The summed E-state index contributed by atoms with van der Waals surface area (Å²) < 4.78 is 33.5. The summed E-state index contributed by atoms with van der Waals surface area (Å²) in [6.45, 7) is 3.17. The highest BCUT2D eigenvalue weighted by molar-refractivity contribution is 9.10. The number of nitrogens with zero attached hydrogens (tertiary/aromatic N) is 2. The van der Waals surface area contributed by atoms with Crippen LogP contribution in [-0.4, -0.2) is 33.2 Å². The third-order valence-electron chi connectivity index (χ3n) is 4.55. The number of aromatic nitrogens is 2. The standard InChI is InChI=1S/C22H20BrF2N3O4/c1-12-3-4-14(20(30)26-9-13(2)29)7-18(12)28-11-27-21(19(23)22(28)31)32-10-15-5-6-16(24)8-17(15)25/h3-8,11,13,29H,9-10H2,1-2H3,(H,26,30)/t13-/m1/s1. The number of hydrogen-bond acceptors (Lipinski definition) is 5. The Bertz CT molecular complexity index is 1210. The molecule has 0 bridgehead atoms. The summed E-state index contributed by atoms with van der Waals surface area (Å²) in [4.78, 5) is 29.3. The van der Waals surface area contributed by atoms with Crippen molar-refractivity contribution in [1.29, 1.82) is 0 Å². The van der Waals surface area contributed by atoms with E-state index in [9.17, 15) is 23.5 Å². The molecule has 0 unspecified atom stereocenters. The van der Waals surface area contributed by atoms with Crippen molar-refractivity contribution in [2.45, 2.75) is 26.6 Å². The highest BCUT2D eigenvalue weighted by Gasteiger charge is 2.16. The summed E-state index contributed by atoms with van der Waals surface area (Å²) in [5.74, 6) is -1.92. The molecule has 3 aromatic rings. The van der Waals surface area contributed by atoms with Gasteiger partial charge in [-0.2, -0.15) is 0 Å². The number of nitrogens with one attached hydrogen (secondary N) is 1. The van der Waals surface area contributed by atoms with Gasteiger partial charge in [-0.15, -0.1) is 0 Å². The molecule has 1 atom stereocenters. The minimum atomic E-state index is -0.768. The van der Waals surface area contributed by atoms with Crippen molar-refractivity contribution in [3.63, 3.8) is 0 Å². The number of amides is 1. The largest absolute Gasteiger partial charge is 0.472 e. The fraction of sp³-hybridized carbons (Fsp3) is 0.227. The van der Waals surface area contributed by atoms with Gasteiger partial charge in [-0.25, -0.2) is 13.8 Å². The van der Waals surface area contributed by atoms with Crippen molar-refractivity contribution in [1.82, 2.24) is 14.9 Å². The molecule has 168 valence electrons. The van der Waals surface area contributed by atoms with Gasteiger partial charge < -0.3 is 15.2 Å². The summed E-state index contributed by atoms with van der Waals surface area (Å²) in [6.07, 6.45) is 0.547. The smallest absolute Gasteiger partial charge is 0.276 e. The summed E-state index contributed by atoms with van der Waals surface area (Å²) >= 11 is 3.16. The zero-order valence-corrected chi connectivity index (χ0v) is 18.8. The Morgan fingerprint density at radius 1 is 1.28 bits per heavy atom. The van der Waals surface area contributed by atoms with Crippen LogP contribution in [0.3, 0.4) is 0 Å². The number of rotatable bonds is 7. The van der Waals surface area contributed by atoms with Crippen LogP contribution in [0, 0.1) is 18.6 Å². The molecular formula is C22H20BrF2N3O4. The fourth-order valence-corrected chi connectivity index (χ4v) is 3.23. The molecular weight excluding hydrogens is 488 g/mol. The van der Waals surface area contributed by atoms with Crippen LogP contribution < -0.4 is 15.6 Å². The lowest BCUT2D eigenvalue weighted by Gasteiger charge is -2.14. The van der Waals surface area contributed by atoms with E-state index in [1.54, 1.807) is 26.0 Å². The van der Waals surface area contributed by atoms with Gasteiger partial charge in [0.2, 0.25) is 5.88 Å². The summed E-state index contributed by atoms with van der Waals surface area (Å²) in [6, 6.07) is 7.93. The van der Waals surface area contributed by atoms with Crippen LogP contribution in [0.4, 0.5) is 8.78 Å². The molecule has 3 rings (SSSR count).